The summed E-state index contributed by atoms with van der Waals surface area (Å²) >= 11 is 0. The Hall–Kier alpha value is -2.44. The van der Waals surface area contributed by atoms with Crippen molar-refractivity contribution < 1.29 is 9.53 Å². The average Bonchev–Trinajstić information content (AvgIpc) is 3.09. The van der Waals surface area contributed by atoms with Crippen molar-refractivity contribution in [3.8, 4) is 0 Å². The van der Waals surface area contributed by atoms with E-state index < -0.39 is 0 Å². The molecule has 2 amide bonds. The van der Waals surface area contributed by atoms with Crippen LogP contribution in [-0.2, 0) is 11.3 Å². The number of hydrogen-bond acceptors (Lipinski definition) is 4. The lowest BCUT2D eigenvalue weighted by Gasteiger charge is -2.36. The number of amides is 2. The summed E-state index contributed by atoms with van der Waals surface area (Å²) in [5.74, 6) is 0.574. The van der Waals surface area contributed by atoms with Crippen LogP contribution in [0.2, 0.25) is 0 Å². The smallest absolute Gasteiger partial charge is 0.323 e. The van der Waals surface area contributed by atoms with E-state index in [1.165, 1.54) is 5.56 Å². The van der Waals surface area contributed by atoms with Gasteiger partial charge in [0, 0.05) is 25.8 Å². The van der Waals surface area contributed by atoms with Crippen LogP contribution in [0.25, 0.3) is 0 Å². The van der Waals surface area contributed by atoms with Gasteiger partial charge in [0.05, 0.1) is 25.3 Å². The highest BCUT2D eigenvalue weighted by atomic mass is 16.5. The Bertz CT molecular complexity index is 710. The molecule has 4 rings (SSSR count). The number of aromatic nitrogens is 1. The number of pyridine rings is 1. The van der Waals surface area contributed by atoms with E-state index in [2.05, 4.69) is 39.5 Å². The normalized spacial score (nSPS) is 23.3. The third kappa shape index (κ3) is 3.65. The second-order valence-corrected chi connectivity index (χ2v) is 6.48. The number of benzene rings is 1. The molecule has 2 aromatic rings. The van der Waals surface area contributed by atoms with E-state index in [0.29, 0.717) is 25.5 Å². The second kappa shape index (κ2) is 7.21. The first kappa shape index (κ1) is 16.1. The summed E-state index contributed by atoms with van der Waals surface area (Å²) in [7, 11) is 0. The van der Waals surface area contributed by atoms with E-state index in [9.17, 15) is 4.79 Å². The van der Waals surface area contributed by atoms with Crippen LogP contribution in [0.1, 0.15) is 5.56 Å². The standard InChI is InChI=1S/C19H22N4O2/c24-19(21-18-8-4-5-9-20-18)23-13-16-17(14-23)25-11-10-22(16)12-15-6-2-1-3-7-15/h1-9,16-17H,10-14H2,(H,20,21,24)/t16-,17+/m0/s1. The number of likely N-dealkylation sites (tertiary alicyclic amines) is 1. The van der Waals surface area contributed by atoms with Crippen molar-refractivity contribution in [1.82, 2.24) is 14.8 Å². The molecule has 6 nitrogen and oxygen atoms in total. The van der Waals surface area contributed by atoms with E-state index in [1.54, 1.807) is 12.3 Å². The van der Waals surface area contributed by atoms with Crippen LogP contribution in [0.15, 0.2) is 54.7 Å². The number of ether oxygens (including phenoxy) is 1. The van der Waals surface area contributed by atoms with Gasteiger partial charge >= 0.3 is 6.03 Å². The number of carbonyl (C=O) groups excluding carboxylic acids is 1. The Morgan fingerprint density at radius 3 is 2.80 bits per heavy atom. The van der Waals surface area contributed by atoms with Crippen LogP contribution < -0.4 is 5.32 Å². The molecule has 2 aliphatic rings. The van der Waals surface area contributed by atoms with Crippen LogP contribution in [-0.4, -0.2) is 59.2 Å². The van der Waals surface area contributed by atoms with E-state index in [4.69, 9.17) is 4.74 Å². The summed E-state index contributed by atoms with van der Waals surface area (Å²) in [6, 6.07) is 16.1. The average molecular weight is 338 g/mol. The molecule has 1 aromatic carbocycles. The number of nitrogens with one attached hydrogen (secondary N) is 1. The van der Waals surface area contributed by atoms with Crippen LogP contribution in [0.4, 0.5) is 10.6 Å². The summed E-state index contributed by atoms with van der Waals surface area (Å²) in [5, 5.41) is 2.86. The van der Waals surface area contributed by atoms with Crippen molar-refractivity contribution in [2.45, 2.75) is 18.7 Å². The molecule has 2 fully saturated rings. The van der Waals surface area contributed by atoms with E-state index in [1.807, 2.05) is 23.1 Å². The third-order valence-corrected chi connectivity index (χ3v) is 4.83. The highest BCUT2D eigenvalue weighted by molar-refractivity contribution is 5.88. The highest BCUT2D eigenvalue weighted by Gasteiger charge is 2.41. The summed E-state index contributed by atoms with van der Waals surface area (Å²) in [6.07, 6.45) is 1.75. The first-order chi connectivity index (χ1) is 12.3. The number of morpholine rings is 1. The first-order valence-electron chi connectivity index (χ1n) is 8.66. The molecule has 1 aromatic heterocycles. The lowest BCUT2D eigenvalue weighted by Crippen LogP contribution is -2.50. The number of rotatable bonds is 3. The Morgan fingerprint density at radius 1 is 1.16 bits per heavy atom. The van der Waals surface area contributed by atoms with Gasteiger partial charge in [0.1, 0.15) is 5.82 Å². The van der Waals surface area contributed by atoms with E-state index >= 15 is 0 Å². The Morgan fingerprint density at radius 2 is 2.00 bits per heavy atom. The molecule has 2 saturated heterocycles. The number of hydrogen-bond donors (Lipinski definition) is 1. The topological polar surface area (TPSA) is 57.7 Å². The third-order valence-electron chi connectivity index (χ3n) is 4.83. The van der Waals surface area contributed by atoms with Crippen molar-refractivity contribution in [3.63, 3.8) is 0 Å². The number of carbonyl (C=O) groups is 1. The monoisotopic (exact) mass is 338 g/mol. The van der Waals surface area contributed by atoms with Crippen molar-refractivity contribution in [3.05, 3.63) is 60.3 Å². The van der Waals surface area contributed by atoms with Gasteiger partial charge in [-0.2, -0.15) is 0 Å². The lowest BCUT2D eigenvalue weighted by molar-refractivity contribution is -0.0503. The van der Waals surface area contributed by atoms with Crippen LogP contribution in [0.5, 0.6) is 0 Å². The number of anilines is 1. The summed E-state index contributed by atoms with van der Waals surface area (Å²) in [4.78, 5) is 20.9. The minimum absolute atomic E-state index is 0.0759. The van der Waals surface area contributed by atoms with Gasteiger partial charge in [-0.15, -0.1) is 0 Å². The predicted molar refractivity (Wildman–Crippen MR) is 95.2 cm³/mol. The quantitative estimate of drug-likeness (QED) is 0.932. The number of urea groups is 1. The molecular formula is C19H22N4O2. The van der Waals surface area contributed by atoms with Crippen LogP contribution in [0.3, 0.4) is 0 Å². The molecule has 0 bridgehead atoms. The molecular weight excluding hydrogens is 316 g/mol. The molecule has 0 radical (unpaired) electrons. The fourth-order valence-electron chi connectivity index (χ4n) is 3.56. The molecule has 0 saturated carbocycles. The summed E-state index contributed by atoms with van der Waals surface area (Å²) < 4.78 is 5.92. The van der Waals surface area contributed by atoms with E-state index in [-0.39, 0.29) is 18.2 Å². The summed E-state index contributed by atoms with van der Waals surface area (Å²) in [6.45, 7) is 3.79. The molecule has 2 aliphatic heterocycles. The molecule has 130 valence electrons. The minimum Gasteiger partial charge on any atom is -0.373 e. The maximum absolute atomic E-state index is 12.5. The SMILES string of the molecule is O=C(Nc1ccccn1)N1C[C@H]2OCCN(Cc3ccccc3)[C@H]2C1. The molecule has 1 N–H and O–H groups in total. The molecule has 0 unspecified atom stereocenters. The Balaban J connectivity index is 1.41. The molecule has 25 heavy (non-hydrogen) atoms. The molecule has 3 heterocycles. The zero-order valence-electron chi connectivity index (χ0n) is 14.0. The van der Waals surface area contributed by atoms with Crippen molar-refractivity contribution >= 4 is 11.8 Å². The fourth-order valence-corrected chi connectivity index (χ4v) is 3.56. The van der Waals surface area contributed by atoms with Gasteiger partial charge in [0.15, 0.2) is 0 Å². The molecule has 0 aliphatic carbocycles. The zero-order chi connectivity index (χ0) is 17.1. The van der Waals surface area contributed by atoms with Crippen LogP contribution >= 0.6 is 0 Å². The maximum Gasteiger partial charge on any atom is 0.323 e. The first-order valence-corrected chi connectivity index (χ1v) is 8.66. The second-order valence-electron chi connectivity index (χ2n) is 6.48. The highest BCUT2D eigenvalue weighted by Crippen LogP contribution is 2.25. The van der Waals surface area contributed by atoms with Gasteiger partial charge in [0.25, 0.3) is 0 Å². The fraction of sp³-hybridized carbons (Fsp3) is 0.368. The lowest BCUT2D eigenvalue weighted by atomic mass is 10.1. The van der Waals surface area contributed by atoms with Crippen molar-refractivity contribution in [2.75, 3.05) is 31.6 Å². The Labute approximate surface area is 147 Å². The van der Waals surface area contributed by atoms with Gasteiger partial charge in [-0.1, -0.05) is 36.4 Å². The van der Waals surface area contributed by atoms with Gasteiger partial charge in [-0.05, 0) is 17.7 Å². The maximum atomic E-state index is 12.5. The molecule has 6 heteroatoms. The van der Waals surface area contributed by atoms with Crippen molar-refractivity contribution in [2.24, 2.45) is 0 Å². The number of nitrogens with zero attached hydrogens (tertiary/aromatic N) is 3. The summed E-state index contributed by atoms with van der Waals surface area (Å²) in [5.41, 5.74) is 1.29. The van der Waals surface area contributed by atoms with Gasteiger partial charge in [0.2, 0.25) is 0 Å². The Kier molecular flexibility index (Phi) is 4.63. The van der Waals surface area contributed by atoms with Crippen LogP contribution in [0, 0.1) is 0 Å². The predicted octanol–water partition coefficient (Wildman–Crippen LogP) is 2.20. The molecule has 0 spiro atoms. The number of fused-ring (bicyclic) bond motifs is 1. The largest absolute Gasteiger partial charge is 0.373 e. The van der Waals surface area contributed by atoms with Gasteiger partial charge in [-0.3, -0.25) is 10.2 Å². The van der Waals surface area contributed by atoms with Crippen molar-refractivity contribution in [1.29, 1.82) is 0 Å². The van der Waals surface area contributed by atoms with Gasteiger partial charge in [-0.25, -0.2) is 9.78 Å². The molecule has 2 atom stereocenters. The minimum atomic E-state index is -0.114. The van der Waals surface area contributed by atoms with Gasteiger partial charge < -0.3 is 9.64 Å². The van der Waals surface area contributed by atoms with E-state index in [0.717, 1.165) is 13.1 Å². The zero-order valence-corrected chi connectivity index (χ0v) is 14.0.